The van der Waals surface area contributed by atoms with Crippen molar-refractivity contribution in [3.8, 4) is 0 Å². The Labute approximate surface area is 191 Å². The third-order valence-electron chi connectivity index (χ3n) is 5.02. The number of benzene rings is 1. The minimum Gasteiger partial charge on any atom is -0.347 e. The van der Waals surface area contributed by atoms with E-state index in [2.05, 4.69) is 38.4 Å². The third kappa shape index (κ3) is 8.61. The average molecular weight is 425 g/mol. The van der Waals surface area contributed by atoms with Crippen molar-refractivity contribution in [2.45, 2.75) is 80.7 Å². The average Bonchev–Trinajstić information content (AvgIpc) is 3.60. The summed E-state index contributed by atoms with van der Waals surface area (Å²) < 4.78 is 0. The van der Waals surface area contributed by atoms with E-state index < -0.39 is 0 Å². The molecule has 1 aliphatic carbocycles. The molecule has 0 heterocycles. The summed E-state index contributed by atoms with van der Waals surface area (Å²) in [6.45, 7) is 26.0. The fourth-order valence-electron chi connectivity index (χ4n) is 3.24. The molecule has 0 atom stereocenters. The summed E-state index contributed by atoms with van der Waals surface area (Å²) in [5.41, 5.74) is 4.34. The van der Waals surface area contributed by atoms with Gasteiger partial charge in [-0.15, -0.1) is 0 Å². The number of anilines is 1. The van der Waals surface area contributed by atoms with E-state index in [0.29, 0.717) is 11.5 Å². The van der Waals surface area contributed by atoms with Crippen LogP contribution in [-0.2, 0) is 0 Å². The van der Waals surface area contributed by atoms with Gasteiger partial charge in [0.2, 0.25) is 0 Å². The van der Waals surface area contributed by atoms with Crippen molar-refractivity contribution in [1.29, 1.82) is 0 Å². The molecule has 3 nitrogen and oxygen atoms in total. The fraction of sp³-hybridized carbons (Fsp3) is 0.464. The fourth-order valence-corrected chi connectivity index (χ4v) is 3.24. The van der Waals surface area contributed by atoms with Crippen LogP contribution in [0.3, 0.4) is 0 Å². The Bertz CT molecular complexity index is 795. The molecule has 2 rings (SSSR count). The largest absolute Gasteiger partial charge is 0.347 e. The Morgan fingerprint density at radius 3 is 2.10 bits per heavy atom. The van der Waals surface area contributed by atoms with E-state index in [1.165, 1.54) is 12.8 Å². The highest BCUT2D eigenvalue weighted by Crippen LogP contribution is 2.39. The summed E-state index contributed by atoms with van der Waals surface area (Å²) in [6, 6.07) is 5.95. The van der Waals surface area contributed by atoms with Gasteiger partial charge in [0.15, 0.2) is 0 Å². The van der Waals surface area contributed by atoms with Crippen molar-refractivity contribution in [2.75, 3.05) is 4.90 Å². The van der Waals surface area contributed by atoms with Gasteiger partial charge >= 0.3 is 0 Å². The number of hydrogen-bond donors (Lipinski definition) is 1. The molecule has 0 radical (unpaired) electrons. The zero-order chi connectivity index (χ0) is 24.2. The van der Waals surface area contributed by atoms with Gasteiger partial charge in [-0.2, -0.15) is 0 Å². The number of rotatable bonds is 8. The van der Waals surface area contributed by atoms with Gasteiger partial charge in [-0.25, -0.2) is 0 Å². The van der Waals surface area contributed by atoms with Crippen LogP contribution in [0.25, 0.3) is 5.57 Å². The standard InChI is InChI=1S/C24H32N2O.2C2H6/c1-8-10-18(5)19-14-20(23(27)25-24(6,7)21-11-12-21)16-22(15-19)26(13-9-2)17(3)4;2*1-2/h8-10,13-16,21H,1,3,11-12H2,2,4-7H3,(H,25,27);2*1-2H3/b13-9-,18-10+;;. The second-order valence-corrected chi connectivity index (χ2v) is 7.89. The Hall–Kier alpha value is -2.55. The van der Waals surface area contributed by atoms with Gasteiger partial charge in [0.25, 0.3) is 5.91 Å². The SMILES string of the molecule is C=C/C=C(\C)c1cc(C(=O)NC(C)(C)C2CC2)cc(N(/C=C\C)C(=C)C)c1.CC.CC. The van der Waals surface area contributed by atoms with Crippen LogP contribution in [-0.4, -0.2) is 11.4 Å². The van der Waals surface area contributed by atoms with Gasteiger partial charge in [0.05, 0.1) is 0 Å². The summed E-state index contributed by atoms with van der Waals surface area (Å²) in [6.07, 6.45) is 10.0. The monoisotopic (exact) mass is 424 g/mol. The Kier molecular flexibility index (Phi) is 12.6. The summed E-state index contributed by atoms with van der Waals surface area (Å²) in [4.78, 5) is 15.0. The van der Waals surface area contributed by atoms with Crippen molar-refractivity contribution >= 4 is 17.2 Å². The highest BCUT2D eigenvalue weighted by Gasteiger charge is 2.38. The van der Waals surface area contributed by atoms with Gasteiger partial charge in [-0.05, 0) is 82.7 Å². The van der Waals surface area contributed by atoms with Crippen LogP contribution in [0.2, 0.25) is 0 Å². The van der Waals surface area contributed by atoms with Crippen molar-refractivity contribution in [3.63, 3.8) is 0 Å². The number of amides is 1. The lowest BCUT2D eigenvalue weighted by atomic mass is 9.97. The number of carbonyl (C=O) groups is 1. The molecule has 0 aromatic heterocycles. The maximum Gasteiger partial charge on any atom is 0.251 e. The quantitative estimate of drug-likeness (QED) is 0.427. The molecule has 172 valence electrons. The minimum atomic E-state index is -0.184. The maximum atomic E-state index is 13.0. The lowest BCUT2D eigenvalue weighted by Crippen LogP contribution is -2.45. The van der Waals surface area contributed by atoms with Crippen molar-refractivity contribution < 1.29 is 4.79 Å². The zero-order valence-corrected chi connectivity index (χ0v) is 21.3. The Balaban J connectivity index is 0.00000212. The number of nitrogens with zero attached hydrogens (tertiary/aromatic N) is 1. The molecule has 3 heteroatoms. The van der Waals surface area contributed by atoms with E-state index in [4.69, 9.17) is 0 Å². The maximum absolute atomic E-state index is 13.0. The molecule has 1 amide bonds. The molecule has 0 spiro atoms. The summed E-state index contributed by atoms with van der Waals surface area (Å²) >= 11 is 0. The highest BCUT2D eigenvalue weighted by atomic mass is 16.1. The van der Waals surface area contributed by atoms with Crippen LogP contribution in [0, 0.1) is 5.92 Å². The van der Waals surface area contributed by atoms with E-state index in [1.54, 1.807) is 6.08 Å². The number of carbonyl (C=O) groups excluding carboxylic acids is 1. The number of nitrogens with one attached hydrogen (secondary N) is 1. The van der Waals surface area contributed by atoms with Crippen LogP contribution in [0.5, 0.6) is 0 Å². The molecule has 1 N–H and O–H groups in total. The van der Waals surface area contributed by atoms with E-state index in [1.807, 2.05) is 83.9 Å². The predicted octanol–water partition coefficient (Wildman–Crippen LogP) is 8.12. The van der Waals surface area contributed by atoms with Gasteiger partial charge in [-0.1, -0.05) is 59.1 Å². The first-order valence-corrected chi connectivity index (χ1v) is 11.5. The Morgan fingerprint density at radius 1 is 1.10 bits per heavy atom. The molecular formula is C28H44N2O. The van der Waals surface area contributed by atoms with Crippen LogP contribution in [0.15, 0.2) is 61.5 Å². The smallest absolute Gasteiger partial charge is 0.251 e. The van der Waals surface area contributed by atoms with Crippen molar-refractivity contribution in [1.82, 2.24) is 5.32 Å². The van der Waals surface area contributed by atoms with E-state index >= 15 is 0 Å². The van der Waals surface area contributed by atoms with Gasteiger partial charge in [0.1, 0.15) is 0 Å². The molecule has 1 aliphatic rings. The molecule has 0 saturated heterocycles. The van der Waals surface area contributed by atoms with Crippen molar-refractivity contribution in [2.24, 2.45) is 5.92 Å². The normalized spacial score (nSPS) is 13.4. The molecule has 31 heavy (non-hydrogen) atoms. The Morgan fingerprint density at radius 2 is 1.65 bits per heavy atom. The summed E-state index contributed by atoms with van der Waals surface area (Å²) in [5, 5.41) is 3.22. The van der Waals surface area contributed by atoms with Gasteiger partial charge in [0, 0.05) is 28.7 Å². The van der Waals surface area contributed by atoms with Gasteiger partial charge < -0.3 is 10.2 Å². The highest BCUT2D eigenvalue weighted by molar-refractivity contribution is 5.97. The third-order valence-corrected chi connectivity index (χ3v) is 5.02. The number of allylic oxidation sites excluding steroid dienone is 5. The molecule has 0 unspecified atom stereocenters. The first-order valence-electron chi connectivity index (χ1n) is 11.5. The first-order chi connectivity index (χ1) is 14.7. The zero-order valence-electron chi connectivity index (χ0n) is 21.3. The number of hydrogen-bond acceptors (Lipinski definition) is 2. The van der Waals surface area contributed by atoms with Crippen LogP contribution in [0.1, 0.15) is 91.1 Å². The van der Waals surface area contributed by atoms with Crippen LogP contribution < -0.4 is 10.2 Å². The van der Waals surface area contributed by atoms with Gasteiger partial charge in [-0.3, -0.25) is 4.79 Å². The second-order valence-electron chi connectivity index (χ2n) is 7.89. The van der Waals surface area contributed by atoms with E-state index in [-0.39, 0.29) is 11.4 Å². The summed E-state index contributed by atoms with van der Waals surface area (Å²) in [7, 11) is 0. The molecule has 1 fully saturated rings. The first kappa shape index (κ1) is 28.5. The van der Waals surface area contributed by atoms with E-state index in [9.17, 15) is 4.79 Å². The summed E-state index contributed by atoms with van der Waals surface area (Å²) in [5.74, 6) is 0.532. The topological polar surface area (TPSA) is 32.3 Å². The van der Waals surface area contributed by atoms with E-state index in [0.717, 1.165) is 22.5 Å². The van der Waals surface area contributed by atoms with Crippen molar-refractivity contribution in [3.05, 3.63) is 72.6 Å². The second kappa shape index (κ2) is 13.7. The van der Waals surface area contributed by atoms with Crippen LogP contribution >= 0.6 is 0 Å². The minimum absolute atomic E-state index is 0.0384. The molecule has 0 aliphatic heterocycles. The van der Waals surface area contributed by atoms with Crippen LogP contribution in [0.4, 0.5) is 5.69 Å². The molecular weight excluding hydrogens is 380 g/mol. The molecule has 1 saturated carbocycles. The molecule has 0 bridgehead atoms. The molecule has 1 aromatic rings. The molecule has 1 aromatic carbocycles. The lowest BCUT2D eigenvalue weighted by Gasteiger charge is -2.27. The lowest BCUT2D eigenvalue weighted by molar-refractivity contribution is 0.0903. The predicted molar refractivity (Wildman–Crippen MR) is 139 cm³/mol.